The maximum atomic E-state index is 12.0. The van der Waals surface area contributed by atoms with E-state index in [1.54, 1.807) is 16.8 Å². The van der Waals surface area contributed by atoms with Crippen molar-refractivity contribution < 1.29 is 0 Å². The average Bonchev–Trinajstić information content (AvgIpc) is 2.73. The van der Waals surface area contributed by atoms with Gasteiger partial charge in [-0.05, 0) is 49.8 Å². The molecular weight excluding hydrogens is 372 g/mol. The summed E-state index contributed by atoms with van der Waals surface area (Å²) in [4.78, 5) is 14.5. The largest absolute Gasteiger partial charge is 0.367 e. The van der Waals surface area contributed by atoms with Gasteiger partial charge in [0, 0.05) is 37.4 Å². The summed E-state index contributed by atoms with van der Waals surface area (Å²) in [5, 5.41) is 16.6. The highest BCUT2D eigenvalue weighted by Crippen LogP contribution is 2.24. The third-order valence-corrected chi connectivity index (χ3v) is 6.58. The number of anilines is 1. The molecule has 4 heterocycles. The summed E-state index contributed by atoms with van der Waals surface area (Å²) in [5.74, 6) is 3.06. The Morgan fingerprint density at radius 3 is 3.11 bits per heavy atom. The quantitative estimate of drug-likeness (QED) is 0.796. The van der Waals surface area contributed by atoms with Crippen molar-refractivity contribution >= 4 is 17.6 Å². The molecule has 1 unspecified atom stereocenters. The van der Waals surface area contributed by atoms with Crippen molar-refractivity contribution in [1.29, 1.82) is 0 Å². The first-order chi connectivity index (χ1) is 13.7. The highest BCUT2D eigenvalue weighted by Gasteiger charge is 2.22. The lowest BCUT2D eigenvalue weighted by molar-refractivity contribution is 0.148. The van der Waals surface area contributed by atoms with E-state index in [-0.39, 0.29) is 5.56 Å². The molecule has 1 N–H and O–H groups in total. The minimum atomic E-state index is -0.0283. The molecule has 0 amide bonds. The van der Waals surface area contributed by atoms with E-state index in [0.717, 1.165) is 61.2 Å². The van der Waals surface area contributed by atoms with E-state index in [1.165, 1.54) is 18.4 Å². The van der Waals surface area contributed by atoms with Crippen molar-refractivity contribution in [2.45, 2.75) is 50.9 Å². The number of rotatable bonds is 6. The van der Waals surface area contributed by atoms with Crippen LogP contribution < -0.4 is 10.9 Å². The molecule has 0 aliphatic carbocycles. The lowest BCUT2D eigenvalue weighted by atomic mass is 10.0. The number of aromatic nitrogens is 4. The second kappa shape index (κ2) is 9.05. The molecule has 2 aliphatic heterocycles. The Labute approximate surface area is 169 Å². The SMILES string of the molecule is Cc1ccc(=O)n(CCN2CCCCC2CNc2cc3c(nn2)CCSC3)n1. The topological polar surface area (TPSA) is 75.9 Å². The first-order valence-electron chi connectivity index (χ1n) is 10.1. The summed E-state index contributed by atoms with van der Waals surface area (Å²) >= 11 is 1.96. The predicted octanol–water partition coefficient (Wildman–Crippen LogP) is 2.10. The molecule has 1 fully saturated rings. The maximum absolute atomic E-state index is 12.0. The van der Waals surface area contributed by atoms with E-state index >= 15 is 0 Å². The molecule has 150 valence electrons. The molecule has 7 nitrogen and oxygen atoms in total. The predicted molar refractivity (Wildman–Crippen MR) is 113 cm³/mol. The number of fused-ring (bicyclic) bond motifs is 1. The average molecular weight is 401 g/mol. The molecule has 2 aliphatic rings. The molecule has 0 radical (unpaired) electrons. The van der Waals surface area contributed by atoms with Gasteiger partial charge in [0.1, 0.15) is 5.82 Å². The van der Waals surface area contributed by atoms with Gasteiger partial charge in [0.15, 0.2) is 0 Å². The number of aryl methyl sites for hydroxylation is 2. The molecule has 0 saturated carbocycles. The van der Waals surface area contributed by atoms with Crippen LogP contribution in [-0.2, 0) is 18.7 Å². The Morgan fingerprint density at radius 2 is 2.18 bits per heavy atom. The van der Waals surface area contributed by atoms with Crippen LogP contribution in [0, 0.1) is 6.92 Å². The summed E-state index contributed by atoms with van der Waals surface area (Å²) in [6, 6.07) is 5.98. The molecule has 0 spiro atoms. The van der Waals surface area contributed by atoms with Crippen LogP contribution in [0.25, 0.3) is 0 Å². The van der Waals surface area contributed by atoms with Gasteiger partial charge in [-0.25, -0.2) is 4.68 Å². The first-order valence-corrected chi connectivity index (χ1v) is 11.3. The van der Waals surface area contributed by atoms with Crippen LogP contribution in [0.15, 0.2) is 23.0 Å². The molecule has 4 rings (SSSR count). The van der Waals surface area contributed by atoms with Crippen LogP contribution in [0.4, 0.5) is 5.82 Å². The van der Waals surface area contributed by atoms with Crippen LogP contribution in [0.5, 0.6) is 0 Å². The van der Waals surface area contributed by atoms with E-state index in [1.807, 2.05) is 18.7 Å². The Bertz CT molecular complexity index is 870. The van der Waals surface area contributed by atoms with Crippen LogP contribution in [0.1, 0.15) is 36.2 Å². The van der Waals surface area contributed by atoms with Crippen molar-refractivity contribution in [2.75, 3.05) is 30.7 Å². The van der Waals surface area contributed by atoms with Gasteiger partial charge in [0.2, 0.25) is 0 Å². The third kappa shape index (κ3) is 4.72. The van der Waals surface area contributed by atoms with Crippen LogP contribution in [0.3, 0.4) is 0 Å². The normalized spacial score (nSPS) is 20.0. The van der Waals surface area contributed by atoms with E-state index in [9.17, 15) is 4.79 Å². The molecule has 1 saturated heterocycles. The van der Waals surface area contributed by atoms with Crippen LogP contribution in [0.2, 0.25) is 0 Å². The number of nitrogens with zero attached hydrogens (tertiary/aromatic N) is 5. The minimum Gasteiger partial charge on any atom is -0.367 e. The molecule has 2 aromatic rings. The molecule has 0 bridgehead atoms. The van der Waals surface area contributed by atoms with Gasteiger partial charge in [-0.15, -0.1) is 5.10 Å². The number of thioether (sulfide) groups is 1. The molecule has 8 heteroatoms. The molecule has 1 atom stereocenters. The van der Waals surface area contributed by atoms with Crippen molar-refractivity contribution in [3.8, 4) is 0 Å². The van der Waals surface area contributed by atoms with Crippen molar-refractivity contribution in [1.82, 2.24) is 24.9 Å². The molecular formula is C20H28N6OS. The second-order valence-electron chi connectivity index (χ2n) is 7.61. The lowest BCUT2D eigenvalue weighted by Gasteiger charge is -2.35. The van der Waals surface area contributed by atoms with Gasteiger partial charge in [-0.1, -0.05) is 6.42 Å². The van der Waals surface area contributed by atoms with E-state index in [4.69, 9.17) is 0 Å². The fraction of sp³-hybridized carbons (Fsp3) is 0.600. The highest BCUT2D eigenvalue weighted by molar-refractivity contribution is 7.98. The Hall–Kier alpha value is -1.93. The maximum Gasteiger partial charge on any atom is 0.266 e. The fourth-order valence-electron chi connectivity index (χ4n) is 3.97. The number of likely N-dealkylation sites (tertiary alicyclic amines) is 1. The summed E-state index contributed by atoms with van der Waals surface area (Å²) in [7, 11) is 0. The Kier molecular flexibility index (Phi) is 6.26. The minimum absolute atomic E-state index is 0.0283. The van der Waals surface area contributed by atoms with Gasteiger partial charge in [-0.3, -0.25) is 9.69 Å². The van der Waals surface area contributed by atoms with Gasteiger partial charge in [-0.2, -0.15) is 22.0 Å². The monoisotopic (exact) mass is 400 g/mol. The highest BCUT2D eigenvalue weighted by atomic mass is 32.2. The first kappa shape index (κ1) is 19.4. The number of nitrogens with one attached hydrogen (secondary N) is 1. The number of hydrogen-bond donors (Lipinski definition) is 1. The zero-order chi connectivity index (χ0) is 19.3. The fourth-order valence-corrected chi connectivity index (χ4v) is 4.92. The second-order valence-corrected chi connectivity index (χ2v) is 8.71. The van der Waals surface area contributed by atoms with Gasteiger partial charge >= 0.3 is 0 Å². The van der Waals surface area contributed by atoms with Crippen molar-refractivity contribution in [2.24, 2.45) is 0 Å². The van der Waals surface area contributed by atoms with Gasteiger partial charge in [0.25, 0.3) is 5.56 Å². The zero-order valence-corrected chi connectivity index (χ0v) is 17.2. The van der Waals surface area contributed by atoms with E-state index < -0.39 is 0 Å². The van der Waals surface area contributed by atoms with Crippen LogP contribution in [-0.4, -0.2) is 56.3 Å². The lowest BCUT2D eigenvalue weighted by Crippen LogP contribution is -2.45. The third-order valence-electron chi connectivity index (χ3n) is 5.57. The van der Waals surface area contributed by atoms with Crippen LogP contribution >= 0.6 is 11.8 Å². The molecule has 0 aromatic carbocycles. The molecule has 28 heavy (non-hydrogen) atoms. The standard InChI is InChI=1S/C20H28N6OS/c1-15-5-6-20(27)26(24-15)10-9-25-8-3-2-4-17(25)13-21-19-12-16-14-28-11-7-18(16)22-23-19/h5-6,12,17H,2-4,7-11,13-14H2,1H3,(H,21,23). The Morgan fingerprint density at radius 1 is 1.25 bits per heavy atom. The van der Waals surface area contributed by atoms with Gasteiger partial charge < -0.3 is 5.32 Å². The zero-order valence-electron chi connectivity index (χ0n) is 16.4. The van der Waals surface area contributed by atoms with Crippen molar-refractivity contribution in [3.63, 3.8) is 0 Å². The number of hydrogen-bond acceptors (Lipinski definition) is 7. The smallest absolute Gasteiger partial charge is 0.266 e. The van der Waals surface area contributed by atoms with E-state index in [0.29, 0.717) is 12.6 Å². The summed E-state index contributed by atoms with van der Waals surface area (Å²) < 4.78 is 1.58. The summed E-state index contributed by atoms with van der Waals surface area (Å²) in [6.07, 6.45) is 4.65. The summed E-state index contributed by atoms with van der Waals surface area (Å²) in [5.41, 5.74) is 3.32. The Balaban J connectivity index is 1.36. The van der Waals surface area contributed by atoms with E-state index in [2.05, 4.69) is 31.6 Å². The van der Waals surface area contributed by atoms with Gasteiger partial charge in [0.05, 0.1) is 17.9 Å². The van der Waals surface area contributed by atoms with Crippen molar-refractivity contribution in [3.05, 3.63) is 45.5 Å². The summed E-state index contributed by atoms with van der Waals surface area (Å²) in [6.45, 7) is 5.32. The number of piperidine rings is 1. The molecule has 2 aromatic heterocycles.